The summed E-state index contributed by atoms with van der Waals surface area (Å²) in [6, 6.07) is 7.92. The zero-order chi connectivity index (χ0) is 21.1. The molecule has 1 saturated heterocycles. The SMILES string of the molecule is CCOc1ccccc1CNC(=NC)NCCCN1C(=O)C2C3C=CC(C3)C2C1=O.I. The zero-order valence-electron chi connectivity index (χ0n) is 18.0. The highest BCUT2D eigenvalue weighted by Crippen LogP contribution is 2.52. The second-order valence-corrected chi connectivity index (χ2v) is 8.07. The number of halogens is 1. The van der Waals surface area contributed by atoms with E-state index in [0.717, 1.165) is 17.7 Å². The molecular formula is C23H31IN4O3. The van der Waals surface area contributed by atoms with Gasteiger partial charge in [-0.1, -0.05) is 30.4 Å². The number of likely N-dealkylation sites (tertiary alicyclic amines) is 1. The van der Waals surface area contributed by atoms with Crippen molar-refractivity contribution in [3.8, 4) is 5.75 Å². The smallest absolute Gasteiger partial charge is 0.233 e. The van der Waals surface area contributed by atoms with Crippen molar-refractivity contribution in [2.75, 3.05) is 26.7 Å². The standard InChI is InChI=1S/C23H30N4O3.HI/c1-3-30-18-8-5-4-7-17(18)14-26-23(24-2)25-11-6-12-27-21(28)19-15-9-10-16(13-15)20(19)22(27)29;/h4-5,7-10,15-16,19-20H,3,6,11-14H2,1-2H3,(H2,24,25,26);1H. The number of hydrogen-bond acceptors (Lipinski definition) is 4. The first-order chi connectivity index (χ1) is 14.6. The minimum atomic E-state index is -0.111. The highest BCUT2D eigenvalue weighted by molar-refractivity contribution is 14.0. The number of hydrogen-bond donors (Lipinski definition) is 2. The molecule has 3 aliphatic rings. The largest absolute Gasteiger partial charge is 0.494 e. The van der Waals surface area contributed by atoms with Crippen molar-refractivity contribution in [2.45, 2.75) is 26.3 Å². The lowest BCUT2D eigenvalue weighted by atomic mass is 9.85. The van der Waals surface area contributed by atoms with Crippen LogP contribution in [-0.2, 0) is 16.1 Å². The van der Waals surface area contributed by atoms with Crippen LogP contribution in [0.5, 0.6) is 5.75 Å². The Balaban J connectivity index is 0.00000272. The van der Waals surface area contributed by atoms with Crippen molar-refractivity contribution in [1.82, 2.24) is 15.5 Å². The van der Waals surface area contributed by atoms with Gasteiger partial charge < -0.3 is 15.4 Å². The van der Waals surface area contributed by atoms with Crippen LogP contribution in [0.25, 0.3) is 0 Å². The summed E-state index contributed by atoms with van der Waals surface area (Å²) < 4.78 is 5.66. The molecule has 2 bridgehead atoms. The normalized spacial score (nSPS) is 26.1. The number of aliphatic imine (C=N–C) groups is 1. The van der Waals surface area contributed by atoms with Gasteiger partial charge in [-0.2, -0.15) is 0 Å². The number of amides is 2. The number of rotatable bonds is 8. The maximum absolute atomic E-state index is 12.7. The molecule has 4 atom stereocenters. The Labute approximate surface area is 200 Å². The lowest BCUT2D eigenvalue weighted by Crippen LogP contribution is -2.39. The molecule has 1 aromatic carbocycles. The van der Waals surface area contributed by atoms with Crippen LogP contribution in [0.15, 0.2) is 41.4 Å². The molecule has 2 aliphatic carbocycles. The molecule has 0 aromatic heterocycles. The first-order valence-corrected chi connectivity index (χ1v) is 10.8. The van der Waals surface area contributed by atoms with Crippen molar-refractivity contribution >= 4 is 41.8 Å². The predicted octanol–water partition coefficient (Wildman–Crippen LogP) is 2.57. The van der Waals surface area contributed by atoms with Crippen molar-refractivity contribution in [3.05, 3.63) is 42.0 Å². The molecule has 31 heavy (non-hydrogen) atoms. The number of fused-ring (bicyclic) bond motifs is 5. The maximum atomic E-state index is 12.7. The third-order valence-electron chi connectivity index (χ3n) is 6.35. The summed E-state index contributed by atoms with van der Waals surface area (Å²) in [4.78, 5) is 31.2. The van der Waals surface area contributed by atoms with E-state index in [0.29, 0.717) is 38.6 Å². The quantitative estimate of drug-likeness (QED) is 0.133. The first kappa shape index (κ1) is 23.6. The van der Waals surface area contributed by atoms with Crippen molar-refractivity contribution in [3.63, 3.8) is 0 Å². The summed E-state index contributed by atoms with van der Waals surface area (Å²) in [7, 11) is 1.72. The van der Waals surface area contributed by atoms with Crippen molar-refractivity contribution in [2.24, 2.45) is 28.7 Å². The number of nitrogens with zero attached hydrogens (tertiary/aromatic N) is 2. The third-order valence-corrected chi connectivity index (χ3v) is 6.35. The molecule has 4 unspecified atom stereocenters. The van der Waals surface area contributed by atoms with Crippen LogP contribution in [0.3, 0.4) is 0 Å². The zero-order valence-corrected chi connectivity index (χ0v) is 20.4. The molecule has 2 N–H and O–H groups in total. The Hall–Kier alpha value is -2.10. The van der Waals surface area contributed by atoms with E-state index in [1.807, 2.05) is 31.2 Å². The molecule has 4 rings (SSSR count). The fourth-order valence-corrected chi connectivity index (χ4v) is 4.97. The molecule has 0 radical (unpaired) electrons. The van der Waals surface area contributed by atoms with Crippen molar-refractivity contribution in [1.29, 1.82) is 0 Å². The number of ether oxygens (including phenoxy) is 1. The predicted molar refractivity (Wildman–Crippen MR) is 130 cm³/mol. The van der Waals surface area contributed by atoms with E-state index >= 15 is 0 Å². The second-order valence-electron chi connectivity index (χ2n) is 8.07. The Kier molecular flexibility index (Phi) is 7.96. The topological polar surface area (TPSA) is 83.0 Å². The summed E-state index contributed by atoms with van der Waals surface area (Å²) in [5.41, 5.74) is 1.06. The Morgan fingerprint density at radius 2 is 1.81 bits per heavy atom. The number of allylic oxidation sites excluding steroid dienone is 2. The van der Waals surface area contributed by atoms with Crippen molar-refractivity contribution < 1.29 is 14.3 Å². The van der Waals surface area contributed by atoms with Gasteiger partial charge in [0.05, 0.1) is 18.4 Å². The summed E-state index contributed by atoms with van der Waals surface area (Å²) >= 11 is 0. The highest BCUT2D eigenvalue weighted by atomic mass is 127. The number of carbonyl (C=O) groups is 2. The van der Waals surface area contributed by atoms with Crippen LogP contribution in [-0.4, -0.2) is 49.4 Å². The average molecular weight is 538 g/mol. The van der Waals surface area contributed by atoms with Gasteiger partial charge in [-0.25, -0.2) is 0 Å². The van der Waals surface area contributed by atoms with Gasteiger partial charge in [0.25, 0.3) is 0 Å². The molecule has 7 nitrogen and oxygen atoms in total. The number of nitrogens with one attached hydrogen (secondary N) is 2. The van der Waals surface area contributed by atoms with Gasteiger partial charge in [0.2, 0.25) is 11.8 Å². The molecule has 1 aromatic rings. The fourth-order valence-electron chi connectivity index (χ4n) is 4.97. The van der Waals surface area contributed by atoms with E-state index < -0.39 is 0 Å². The van der Waals surface area contributed by atoms with E-state index in [1.54, 1.807) is 7.05 Å². The van der Waals surface area contributed by atoms with E-state index in [1.165, 1.54) is 4.90 Å². The number of imide groups is 1. The molecule has 2 amide bonds. The lowest BCUT2D eigenvalue weighted by Gasteiger charge is -2.18. The summed E-state index contributed by atoms with van der Waals surface area (Å²) in [6.07, 6.45) is 5.91. The number of benzene rings is 1. The minimum Gasteiger partial charge on any atom is -0.494 e. The van der Waals surface area contributed by atoms with Crippen LogP contribution >= 0.6 is 24.0 Å². The van der Waals surface area contributed by atoms with E-state index in [-0.39, 0.29) is 59.5 Å². The highest BCUT2D eigenvalue weighted by Gasteiger charge is 2.58. The van der Waals surface area contributed by atoms with Crippen LogP contribution in [0, 0.1) is 23.7 Å². The summed E-state index contributed by atoms with van der Waals surface area (Å²) in [6.45, 7) is 4.27. The van der Waals surface area contributed by atoms with Gasteiger partial charge in [0.15, 0.2) is 5.96 Å². The molecular weight excluding hydrogens is 507 g/mol. The molecule has 1 saturated carbocycles. The maximum Gasteiger partial charge on any atom is 0.233 e. The average Bonchev–Trinajstić information content (AvgIpc) is 3.44. The van der Waals surface area contributed by atoms with Gasteiger partial charge in [-0.3, -0.25) is 19.5 Å². The number of carbonyl (C=O) groups excluding carboxylic acids is 2. The molecule has 2 fully saturated rings. The van der Waals surface area contributed by atoms with Crippen LogP contribution in [0.4, 0.5) is 0 Å². The molecule has 168 valence electrons. The molecule has 1 heterocycles. The van der Waals surface area contributed by atoms with Crippen LogP contribution in [0.2, 0.25) is 0 Å². The van der Waals surface area contributed by atoms with E-state index in [9.17, 15) is 9.59 Å². The van der Waals surface area contributed by atoms with Gasteiger partial charge in [-0.05, 0) is 37.7 Å². The summed E-state index contributed by atoms with van der Waals surface area (Å²) in [5.74, 6) is 1.90. The Morgan fingerprint density at radius 3 is 2.45 bits per heavy atom. The molecule has 1 aliphatic heterocycles. The Bertz CT molecular complexity index is 842. The Morgan fingerprint density at radius 1 is 1.13 bits per heavy atom. The minimum absolute atomic E-state index is 0. The van der Waals surface area contributed by atoms with E-state index in [4.69, 9.17) is 4.74 Å². The van der Waals surface area contributed by atoms with Gasteiger partial charge in [0.1, 0.15) is 5.75 Å². The van der Waals surface area contributed by atoms with Gasteiger partial charge in [-0.15, -0.1) is 24.0 Å². The molecule has 8 heteroatoms. The van der Waals surface area contributed by atoms with Gasteiger partial charge >= 0.3 is 0 Å². The van der Waals surface area contributed by atoms with Crippen LogP contribution in [0.1, 0.15) is 25.3 Å². The lowest BCUT2D eigenvalue weighted by molar-refractivity contribution is -0.140. The van der Waals surface area contributed by atoms with Gasteiger partial charge in [0, 0.05) is 32.2 Å². The third kappa shape index (κ3) is 4.73. The first-order valence-electron chi connectivity index (χ1n) is 10.8. The second kappa shape index (κ2) is 10.5. The fraction of sp³-hybridized carbons (Fsp3) is 0.522. The van der Waals surface area contributed by atoms with Crippen LogP contribution < -0.4 is 15.4 Å². The molecule has 0 spiro atoms. The monoisotopic (exact) mass is 538 g/mol. The summed E-state index contributed by atoms with van der Waals surface area (Å²) in [5, 5.41) is 6.55. The number of para-hydroxylation sites is 1. The number of guanidine groups is 1. The van der Waals surface area contributed by atoms with E-state index in [2.05, 4.69) is 27.8 Å².